The summed E-state index contributed by atoms with van der Waals surface area (Å²) in [6, 6.07) is 8.14. The van der Waals surface area contributed by atoms with Gasteiger partial charge in [-0.1, -0.05) is 15.9 Å². The average molecular weight is 388 g/mol. The number of benzene rings is 1. The molecule has 5 nitrogen and oxygen atoms in total. The van der Waals surface area contributed by atoms with Gasteiger partial charge in [0.1, 0.15) is 11.5 Å². The number of hydrogen-bond donors (Lipinski definition) is 2. The number of aryl methyl sites for hydroxylation is 2. The first kappa shape index (κ1) is 17.2. The Balaban J connectivity index is 1.95. The minimum Gasteiger partial charge on any atom is -0.466 e. The van der Waals surface area contributed by atoms with Gasteiger partial charge in [-0.15, -0.1) is 0 Å². The van der Waals surface area contributed by atoms with Gasteiger partial charge in [0.2, 0.25) is 10.0 Å². The third-order valence-electron chi connectivity index (χ3n) is 3.27. The topological polar surface area (TPSA) is 79.5 Å². The fraction of sp³-hybridized carbons (Fsp3) is 0.333. The monoisotopic (exact) mass is 387 g/mol. The maximum Gasteiger partial charge on any atom is 0.240 e. The highest BCUT2D eigenvalue weighted by Gasteiger charge is 2.17. The summed E-state index contributed by atoms with van der Waals surface area (Å²) in [5.74, 6) is 1.38. The normalized spacial score (nSPS) is 13.3. The Morgan fingerprint density at radius 2 is 1.91 bits per heavy atom. The van der Waals surface area contributed by atoms with Crippen molar-refractivity contribution in [2.75, 3.05) is 6.54 Å². The number of rotatable bonds is 6. The van der Waals surface area contributed by atoms with E-state index in [-0.39, 0.29) is 17.9 Å². The minimum absolute atomic E-state index is 0.142. The van der Waals surface area contributed by atoms with Crippen LogP contribution in [0, 0.1) is 13.8 Å². The molecule has 0 saturated heterocycles. The van der Waals surface area contributed by atoms with Gasteiger partial charge in [0.15, 0.2) is 0 Å². The highest BCUT2D eigenvalue weighted by Crippen LogP contribution is 2.23. The van der Waals surface area contributed by atoms with E-state index >= 15 is 0 Å². The lowest BCUT2D eigenvalue weighted by atomic mass is 10.1. The Labute approximate surface area is 138 Å². The summed E-state index contributed by atoms with van der Waals surface area (Å²) in [6.45, 7) is 3.72. The number of sulfonamides is 1. The predicted molar refractivity (Wildman–Crippen MR) is 87.1 cm³/mol. The van der Waals surface area contributed by atoms with Crippen LogP contribution in [0.5, 0.6) is 0 Å². The molecule has 22 heavy (non-hydrogen) atoms. The standard InChI is InChI=1S/C15H18BrNO4S/c1-10-9-14(11(2)21-10)15(18)7-8-17-22(19,20)13-5-3-12(16)4-6-13/h3-6,9,15,17-18H,7-8H2,1-2H3. The van der Waals surface area contributed by atoms with Crippen LogP contribution in [-0.2, 0) is 10.0 Å². The minimum atomic E-state index is -3.57. The van der Waals surface area contributed by atoms with Crippen molar-refractivity contribution < 1.29 is 17.9 Å². The number of aliphatic hydroxyl groups is 1. The lowest BCUT2D eigenvalue weighted by molar-refractivity contribution is 0.167. The van der Waals surface area contributed by atoms with Crippen LogP contribution in [0.3, 0.4) is 0 Å². The molecule has 0 aliphatic rings. The van der Waals surface area contributed by atoms with E-state index in [4.69, 9.17) is 4.42 Å². The van der Waals surface area contributed by atoms with Gasteiger partial charge in [0.05, 0.1) is 11.0 Å². The first-order valence-corrected chi connectivity index (χ1v) is 9.07. The van der Waals surface area contributed by atoms with E-state index < -0.39 is 16.1 Å². The molecule has 2 aromatic rings. The van der Waals surface area contributed by atoms with Crippen molar-refractivity contribution in [3.63, 3.8) is 0 Å². The second kappa shape index (κ2) is 6.95. The van der Waals surface area contributed by atoms with Crippen LogP contribution in [0.15, 0.2) is 44.1 Å². The van der Waals surface area contributed by atoms with Crippen molar-refractivity contribution in [1.29, 1.82) is 0 Å². The molecule has 1 aromatic heterocycles. The van der Waals surface area contributed by atoms with Crippen LogP contribution in [0.25, 0.3) is 0 Å². The number of aliphatic hydroxyl groups excluding tert-OH is 1. The largest absolute Gasteiger partial charge is 0.466 e. The third-order valence-corrected chi connectivity index (χ3v) is 5.28. The molecule has 0 aliphatic heterocycles. The second-order valence-electron chi connectivity index (χ2n) is 5.02. The van der Waals surface area contributed by atoms with Gasteiger partial charge in [-0.05, 0) is 50.6 Å². The number of nitrogens with one attached hydrogen (secondary N) is 1. The predicted octanol–water partition coefficient (Wildman–Crippen LogP) is 3.06. The summed E-state index contributed by atoms with van der Waals surface area (Å²) in [6.07, 6.45) is -0.486. The van der Waals surface area contributed by atoms with Crippen molar-refractivity contribution in [3.05, 3.63) is 51.9 Å². The molecule has 0 bridgehead atoms. The molecule has 0 saturated carbocycles. The average Bonchev–Trinajstić information content (AvgIpc) is 2.78. The van der Waals surface area contributed by atoms with Crippen molar-refractivity contribution in [1.82, 2.24) is 4.72 Å². The molecule has 1 atom stereocenters. The van der Waals surface area contributed by atoms with Gasteiger partial charge in [-0.3, -0.25) is 0 Å². The Hall–Kier alpha value is -1.15. The van der Waals surface area contributed by atoms with E-state index in [0.717, 1.165) is 10.2 Å². The molecule has 2 N–H and O–H groups in total. The molecule has 1 aromatic carbocycles. The van der Waals surface area contributed by atoms with E-state index in [9.17, 15) is 13.5 Å². The zero-order valence-electron chi connectivity index (χ0n) is 12.3. The second-order valence-corrected chi connectivity index (χ2v) is 7.71. The molecular weight excluding hydrogens is 370 g/mol. The van der Waals surface area contributed by atoms with E-state index in [0.29, 0.717) is 11.3 Å². The molecular formula is C15H18BrNO4S. The lowest BCUT2D eigenvalue weighted by Gasteiger charge is -2.11. The maximum atomic E-state index is 12.1. The number of halogens is 1. The molecule has 120 valence electrons. The Morgan fingerprint density at radius 3 is 2.45 bits per heavy atom. The van der Waals surface area contributed by atoms with Gasteiger partial charge in [0, 0.05) is 16.6 Å². The smallest absolute Gasteiger partial charge is 0.240 e. The first-order chi connectivity index (χ1) is 10.3. The molecule has 1 heterocycles. The zero-order valence-corrected chi connectivity index (χ0v) is 14.7. The van der Waals surface area contributed by atoms with E-state index in [1.165, 1.54) is 12.1 Å². The number of hydrogen-bond acceptors (Lipinski definition) is 4. The summed E-state index contributed by atoms with van der Waals surface area (Å²) in [5.41, 5.74) is 0.695. The molecule has 0 radical (unpaired) electrons. The highest BCUT2D eigenvalue weighted by molar-refractivity contribution is 9.10. The van der Waals surface area contributed by atoms with Gasteiger partial charge in [-0.2, -0.15) is 0 Å². The lowest BCUT2D eigenvalue weighted by Crippen LogP contribution is -2.26. The summed E-state index contributed by atoms with van der Waals surface area (Å²) in [7, 11) is -3.57. The Bertz CT molecular complexity index is 737. The fourth-order valence-electron chi connectivity index (χ4n) is 2.16. The van der Waals surface area contributed by atoms with Crippen LogP contribution in [0.4, 0.5) is 0 Å². The van der Waals surface area contributed by atoms with Crippen LogP contribution >= 0.6 is 15.9 Å². The van der Waals surface area contributed by atoms with Crippen LogP contribution < -0.4 is 4.72 Å². The molecule has 0 aliphatic carbocycles. The van der Waals surface area contributed by atoms with Crippen molar-refractivity contribution in [2.24, 2.45) is 0 Å². The Kier molecular flexibility index (Phi) is 5.44. The van der Waals surface area contributed by atoms with Gasteiger partial charge >= 0.3 is 0 Å². The first-order valence-electron chi connectivity index (χ1n) is 6.80. The molecule has 0 spiro atoms. The van der Waals surface area contributed by atoms with Crippen molar-refractivity contribution >= 4 is 26.0 Å². The highest BCUT2D eigenvalue weighted by atomic mass is 79.9. The summed E-state index contributed by atoms with van der Waals surface area (Å²) < 4.78 is 32.9. The van der Waals surface area contributed by atoms with Gasteiger partial charge in [-0.25, -0.2) is 13.1 Å². The number of furan rings is 1. The van der Waals surface area contributed by atoms with Gasteiger partial charge in [0.25, 0.3) is 0 Å². The van der Waals surface area contributed by atoms with Crippen LogP contribution in [0.2, 0.25) is 0 Å². The maximum absolute atomic E-state index is 12.1. The molecule has 0 fully saturated rings. The molecule has 2 rings (SSSR count). The summed E-state index contributed by atoms with van der Waals surface area (Å²) in [5, 5.41) is 10.1. The van der Waals surface area contributed by atoms with Crippen LogP contribution in [0.1, 0.15) is 29.6 Å². The third kappa shape index (κ3) is 4.19. The summed E-state index contributed by atoms with van der Waals surface area (Å²) >= 11 is 3.26. The van der Waals surface area contributed by atoms with Crippen LogP contribution in [-0.4, -0.2) is 20.1 Å². The van der Waals surface area contributed by atoms with Crippen molar-refractivity contribution in [3.8, 4) is 0 Å². The van der Waals surface area contributed by atoms with Gasteiger partial charge < -0.3 is 9.52 Å². The van der Waals surface area contributed by atoms with E-state index in [1.54, 1.807) is 32.0 Å². The summed E-state index contributed by atoms with van der Waals surface area (Å²) in [4.78, 5) is 0.195. The molecule has 1 unspecified atom stereocenters. The SMILES string of the molecule is Cc1cc(C(O)CCNS(=O)(=O)c2ccc(Br)cc2)c(C)o1. The van der Waals surface area contributed by atoms with Crippen molar-refractivity contribution in [2.45, 2.75) is 31.3 Å². The molecule has 7 heteroatoms. The quantitative estimate of drug-likeness (QED) is 0.797. The molecule has 0 amide bonds. The fourth-order valence-corrected chi connectivity index (χ4v) is 3.48. The van der Waals surface area contributed by atoms with E-state index in [2.05, 4.69) is 20.7 Å². The zero-order chi connectivity index (χ0) is 16.3. The Morgan fingerprint density at radius 1 is 1.27 bits per heavy atom. The van der Waals surface area contributed by atoms with E-state index in [1.807, 2.05) is 0 Å².